The van der Waals surface area contributed by atoms with E-state index in [1.807, 2.05) is 6.07 Å². The first-order valence-corrected chi connectivity index (χ1v) is 7.90. The van der Waals surface area contributed by atoms with Crippen LogP contribution in [0.1, 0.15) is 43.4 Å². The van der Waals surface area contributed by atoms with E-state index in [0.29, 0.717) is 6.04 Å². The minimum Gasteiger partial charge on any atom is -0.497 e. The quantitative estimate of drug-likeness (QED) is 0.850. The van der Waals surface area contributed by atoms with Gasteiger partial charge in [-0.3, -0.25) is 0 Å². The largest absolute Gasteiger partial charge is 0.497 e. The zero-order valence-electron chi connectivity index (χ0n) is 12.6. The summed E-state index contributed by atoms with van der Waals surface area (Å²) in [6.45, 7) is 4.26. The van der Waals surface area contributed by atoms with E-state index >= 15 is 0 Å². The van der Waals surface area contributed by atoms with E-state index in [4.69, 9.17) is 21.7 Å². The van der Waals surface area contributed by atoms with Crippen LogP contribution in [0, 0.1) is 6.92 Å². The number of nitrogens with one attached hydrogen (secondary N) is 1. The monoisotopic (exact) mass is 304 g/mol. The Hall–Kier alpha value is -1.49. The minimum absolute atomic E-state index is 0.229. The number of aryl methyl sites for hydroxylation is 1. The van der Waals surface area contributed by atoms with Crippen LogP contribution < -0.4 is 14.8 Å². The van der Waals surface area contributed by atoms with E-state index in [0.717, 1.165) is 23.0 Å². The standard InChI is InChI=1S/C16H20N2O2S/c1-9-6-11(19-3)7-13-14(9)12-8-16(2,20-13)18(10-4-5-10)15(21)17-12/h6-7,10,12H,4-5,8H2,1-3H3,(H,17,21). The normalized spacial score (nSPS) is 30.3. The molecule has 5 heteroatoms. The van der Waals surface area contributed by atoms with Gasteiger partial charge in [0.15, 0.2) is 10.8 Å². The maximum Gasteiger partial charge on any atom is 0.184 e. The molecule has 1 N–H and O–H groups in total. The van der Waals surface area contributed by atoms with Gasteiger partial charge in [0, 0.05) is 24.1 Å². The molecular formula is C16H20N2O2S. The van der Waals surface area contributed by atoms with Crippen LogP contribution in [0.5, 0.6) is 11.5 Å². The number of benzene rings is 1. The lowest BCUT2D eigenvalue weighted by atomic mass is 9.88. The third-order valence-corrected chi connectivity index (χ3v) is 5.07. The molecule has 0 amide bonds. The first-order valence-electron chi connectivity index (χ1n) is 7.49. The van der Waals surface area contributed by atoms with E-state index in [2.05, 4.69) is 30.1 Å². The lowest BCUT2D eigenvalue weighted by Gasteiger charge is -2.53. The average molecular weight is 304 g/mol. The van der Waals surface area contributed by atoms with Crippen molar-refractivity contribution < 1.29 is 9.47 Å². The van der Waals surface area contributed by atoms with E-state index in [1.54, 1.807) is 7.11 Å². The summed E-state index contributed by atoms with van der Waals surface area (Å²) in [5, 5.41) is 4.35. The predicted octanol–water partition coefficient (Wildman–Crippen LogP) is 2.90. The zero-order chi connectivity index (χ0) is 14.8. The van der Waals surface area contributed by atoms with E-state index in [-0.39, 0.29) is 11.8 Å². The van der Waals surface area contributed by atoms with Crippen molar-refractivity contribution in [2.45, 2.75) is 50.9 Å². The Morgan fingerprint density at radius 1 is 1.43 bits per heavy atom. The second-order valence-corrected chi connectivity index (χ2v) is 6.83. The topological polar surface area (TPSA) is 33.7 Å². The number of hydrogen-bond acceptors (Lipinski definition) is 3. The van der Waals surface area contributed by atoms with Gasteiger partial charge in [0.1, 0.15) is 11.5 Å². The third-order valence-electron chi connectivity index (χ3n) is 4.76. The number of methoxy groups -OCH3 is 1. The van der Waals surface area contributed by atoms with Crippen molar-refractivity contribution in [2.75, 3.05) is 7.11 Å². The number of fused-ring (bicyclic) bond motifs is 4. The van der Waals surface area contributed by atoms with Gasteiger partial charge < -0.3 is 19.7 Å². The van der Waals surface area contributed by atoms with Crippen LogP contribution >= 0.6 is 12.2 Å². The molecule has 1 aromatic carbocycles. The summed E-state index contributed by atoms with van der Waals surface area (Å²) in [5.74, 6) is 1.77. The number of thiocarbonyl (C=S) groups is 1. The molecule has 112 valence electrons. The zero-order valence-corrected chi connectivity index (χ0v) is 13.4. The summed E-state index contributed by atoms with van der Waals surface area (Å²) < 4.78 is 11.8. The van der Waals surface area contributed by atoms with Crippen molar-refractivity contribution in [3.8, 4) is 11.5 Å². The number of rotatable bonds is 2. The van der Waals surface area contributed by atoms with E-state index in [9.17, 15) is 0 Å². The fraction of sp³-hybridized carbons (Fsp3) is 0.562. The van der Waals surface area contributed by atoms with Crippen LogP contribution in [-0.2, 0) is 0 Å². The molecule has 1 saturated carbocycles. The van der Waals surface area contributed by atoms with Crippen LogP contribution in [0.25, 0.3) is 0 Å². The van der Waals surface area contributed by atoms with E-state index in [1.165, 1.54) is 24.0 Å². The summed E-state index contributed by atoms with van der Waals surface area (Å²) in [5.41, 5.74) is 2.05. The van der Waals surface area contributed by atoms with Gasteiger partial charge in [0.2, 0.25) is 0 Å². The van der Waals surface area contributed by atoms with Gasteiger partial charge in [0.25, 0.3) is 0 Å². The Balaban J connectivity index is 1.81. The Kier molecular flexibility index (Phi) is 2.67. The van der Waals surface area contributed by atoms with Gasteiger partial charge in [-0.15, -0.1) is 0 Å². The van der Waals surface area contributed by atoms with Crippen molar-refractivity contribution in [3.63, 3.8) is 0 Å². The molecule has 4 nitrogen and oxygen atoms in total. The van der Waals surface area contributed by atoms with Crippen molar-refractivity contribution in [3.05, 3.63) is 23.3 Å². The van der Waals surface area contributed by atoms with Gasteiger partial charge in [-0.05, 0) is 50.5 Å². The minimum atomic E-state index is -0.347. The number of hydrogen-bond donors (Lipinski definition) is 1. The van der Waals surface area contributed by atoms with Crippen molar-refractivity contribution in [2.24, 2.45) is 0 Å². The first-order chi connectivity index (χ1) is 10.0. The lowest BCUT2D eigenvalue weighted by molar-refractivity contribution is -0.0723. The SMILES string of the molecule is COc1cc(C)c2c(c1)OC1(C)CC2NC(=S)N1C1CC1. The maximum absolute atomic E-state index is 6.42. The van der Waals surface area contributed by atoms with E-state index < -0.39 is 0 Å². The molecule has 2 bridgehead atoms. The summed E-state index contributed by atoms with van der Waals surface area (Å²) >= 11 is 5.60. The smallest absolute Gasteiger partial charge is 0.184 e. The van der Waals surface area contributed by atoms with Gasteiger partial charge in [-0.1, -0.05) is 0 Å². The Bertz CT molecular complexity index is 629. The summed E-state index contributed by atoms with van der Waals surface area (Å²) in [6, 6.07) is 4.81. The highest BCUT2D eigenvalue weighted by atomic mass is 32.1. The highest BCUT2D eigenvalue weighted by molar-refractivity contribution is 7.80. The average Bonchev–Trinajstić information content (AvgIpc) is 3.20. The molecule has 2 unspecified atom stereocenters. The summed E-state index contributed by atoms with van der Waals surface area (Å²) in [6.07, 6.45) is 3.33. The summed E-state index contributed by atoms with van der Waals surface area (Å²) in [4.78, 5) is 2.26. The van der Waals surface area contributed by atoms with Crippen LogP contribution in [0.4, 0.5) is 0 Å². The second-order valence-electron chi connectivity index (χ2n) is 6.44. The van der Waals surface area contributed by atoms with Crippen LogP contribution in [0.15, 0.2) is 12.1 Å². The number of ether oxygens (including phenoxy) is 2. The lowest BCUT2D eigenvalue weighted by Crippen LogP contribution is -2.65. The second kappa shape index (κ2) is 4.26. The molecule has 0 radical (unpaired) electrons. The molecule has 2 fully saturated rings. The van der Waals surface area contributed by atoms with Crippen molar-refractivity contribution in [1.29, 1.82) is 0 Å². The summed E-state index contributed by atoms with van der Waals surface area (Å²) in [7, 11) is 1.69. The fourth-order valence-electron chi connectivity index (χ4n) is 3.73. The molecular weight excluding hydrogens is 284 g/mol. The van der Waals surface area contributed by atoms with Crippen LogP contribution in [-0.4, -0.2) is 28.9 Å². The molecule has 2 atom stereocenters. The van der Waals surface area contributed by atoms with Gasteiger partial charge in [-0.25, -0.2) is 0 Å². The molecule has 1 saturated heterocycles. The van der Waals surface area contributed by atoms with Crippen molar-refractivity contribution >= 4 is 17.3 Å². The highest BCUT2D eigenvalue weighted by Crippen LogP contribution is 2.49. The van der Waals surface area contributed by atoms with Gasteiger partial charge in [-0.2, -0.15) is 0 Å². The van der Waals surface area contributed by atoms with Gasteiger partial charge in [0.05, 0.1) is 13.2 Å². The maximum atomic E-state index is 6.42. The molecule has 0 spiro atoms. The number of nitrogens with zero attached hydrogens (tertiary/aromatic N) is 1. The Morgan fingerprint density at radius 2 is 2.19 bits per heavy atom. The van der Waals surface area contributed by atoms with Gasteiger partial charge >= 0.3 is 0 Å². The molecule has 1 aliphatic carbocycles. The Morgan fingerprint density at radius 3 is 2.86 bits per heavy atom. The third kappa shape index (κ3) is 1.90. The molecule has 3 aliphatic rings. The molecule has 1 aromatic rings. The predicted molar refractivity (Wildman–Crippen MR) is 84.7 cm³/mol. The highest BCUT2D eigenvalue weighted by Gasteiger charge is 2.52. The first kappa shape index (κ1) is 13.2. The molecule has 2 heterocycles. The molecule has 21 heavy (non-hydrogen) atoms. The van der Waals surface area contributed by atoms with Crippen LogP contribution in [0.3, 0.4) is 0 Å². The molecule has 2 aliphatic heterocycles. The molecule has 0 aromatic heterocycles. The van der Waals surface area contributed by atoms with Crippen LogP contribution in [0.2, 0.25) is 0 Å². The fourth-order valence-corrected chi connectivity index (χ4v) is 4.22. The Labute approximate surface area is 130 Å². The van der Waals surface area contributed by atoms with Crippen molar-refractivity contribution in [1.82, 2.24) is 10.2 Å². The molecule has 4 rings (SSSR count).